The average molecular weight is 490 g/mol. The highest BCUT2D eigenvalue weighted by molar-refractivity contribution is 7.99. The van der Waals surface area contributed by atoms with Gasteiger partial charge in [-0.25, -0.2) is 4.79 Å². The van der Waals surface area contributed by atoms with Crippen LogP contribution in [0.2, 0.25) is 0 Å². The van der Waals surface area contributed by atoms with Crippen LogP contribution in [0, 0.1) is 0 Å². The van der Waals surface area contributed by atoms with Gasteiger partial charge in [0.05, 0.1) is 25.1 Å². The predicted molar refractivity (Wildman–Crippen MR) is 120 cm³/mol. The molecule has 3 aromatic rings. The second kappa shape index (κ2) is 10.3. The molecule has 0 aliphatic heterocycles. The topological polar surface area (TPSA) is 118 Å². The highest BCUT2D eigenvalue weighted by Crippen LogP contribution is 2.38. The van der Waals surface area contributed by atoms with Crippen molar-refractivity contribution in [2.45, 2.75) is 37.1 Å². The highest BCUT2D eigenvalue weighted by atomic mass is 32.2. The first kappa shape index (κ1) is 23.1. The van der Waals surface area contributed by atoms with Gasteiger partial charge in [-0.1, -0.05) is 11.8 Å². The number of methoxy groups -OCH3 is 2. The maximum Gasteiger partial charge on any atom is 0.341 e. The first-order chi connectivity index (χ1) is 16.0. The Morgan fingerprint density at radius 1 is 1.24 bits per heavy atom. The zero-order valence-corrected chi connectivity index (χ0v) is 19.8. The van der Waals surface area contributed by atoms with Crippen molar-refractivity contribution in [1.29, 1.82) is 0 Å². The fraction of sp³-hybridized carbons (Fsp3) is 0.364. The van der Waals surface area contributed by atoms with E-state index in [2.05, 4.69) is 10.6 Å². The maximum absolute atomic E-state index is 12.6. The van der Waals surface area contributed by atoms with Crippen LogP contribution in [0.3, 0.4) is 0 Å². The lowest BCUT2D eigenvalue weighted by atomic mass is 9.95. The lowest BCUT2D eigenvalue weighted by molar-refractivity contribution is -0.705. The van der Waals surface area contributed by atoms with Gasteiger partial charge in [-0.2, -0.15) is 0 Å². The Morgan fingerprint density at radius 2 is 2.00 bits per heavy atom. The number of amides is 1. The normalized spacial score (nSPS) is 12.8. The third kappa shape index (κ3) is 4.98. The summed E-state index contributed by atoms with van der Waals surface area (Å²) in [4.78, 5) is 26.1. The summed E-state index contributed by atoms with van der Waals surface area (Å²) in [6, 6.07) is 7.01. The molecule has 2 aromatic heterocycles. The molecule has 0 fully saturated rings. The number of ether oxygens (including phenoxy) is 2. The van der Waals surface area contributed by atoms with E-state index in [1.54, 1.807) is 31.4 Å². The van der Waals surface area contributed by atoms with Crippen LogP contribution in [-0.4, -0.2) is 37.1 Å². The summed E-state index contributed by atoms with van der Waals surface area (Å²) in [5.41, 5.74) is 2.10. The summed E-state index contributed by atoms with van der Waals surface area (Å²) in [5, 5.41) is 19.6. The van der Waals surface area contributed by atoms with Crippen molar-refractivity contribution in [2.75, 3.05) is 25.3 Å². The minimum absolute atomic E-state index is 0.140. The quantitative estimate of drug-likeness (QED) is 0.292. The van der Waals surface area contributed by atoms with E-state index < -0.39 is 11.9 Å². The largest absolute Gasteiger partial charge is 0.538 e. The van der Waals surface area contributed by atoms with Crippen molar-refractivity contribution >= 4 is 40.0 Å². The molecule has 2 heterocycles. The first-order valence-corrected chi connectivity index (χ1v) is 12.2. The van der Waals surface area contributed by atoms with Crippen molar-refractivity contribution in [1.82, 2.24) is 5.27 Å². The number of esters is 1. The smallest absolute Gasteiger partial charge is 0.341 e. The number of anilines is 1. The van der Waals surface area contributed by atoms with Gasteiger partial charge in [-0.3, -0.25) is 4.79 Å². The van der Waals surface area contributed by atoms with Gasteiger partial charge < -0.3 is 24.4 Å². The van der Waals surface area contributed by atoms with Crippen LogP contribution in [0.1, 0.15) is 40.1 Å². The Labute approximate surface area is 198 Å². The van der Waals surface area contributed by atoms with Crippen molar-refractivity contribution < 1.29 is 33.4 Å². The number of nitrogens with zero attached hydrogens (tertiary/aromatic N) is 2. The number of fused-ring (bicyclic) bond motifs is 1. The molecule has 0 saturated carbocycles. The lowest BCUT2D eigenvalue weighted by Gasteiger charge is -2.11. The fourth-order valence-electron chi connectivity index (χ4n) is 3.65. The van der Waals surface area contributed by atoms with E-state index in [-0.39, 0.29) is 17.4 Å². The molecule has 11 heteroatoms. The molecule has 9 nitrogen and oxygen atoms in total. The summed E-state index contributed by atoms with van der Waals surface area (Å²) >= 11 is 2.62. The lowest BCUT2D eigenvalue weighted by Crippen LogP contribution is -2.34. The summed E-state index contributed by atoms with van der Waals surface area (Å²) in [5.74, 6) is -0.240. The van der Waals surface area contributed by atoms with Gasteiger partial charge in [0.1, 0.15) is 10.8 Å². The summed E-state index contributed by atoms with van der Waals surface area (Å²) in [6.07, 6.45) is 3.94. The number of thioether (sulfide) groups is 1. The molecule has 0 spiro atoms. The van der Waals surface area contributed by atoms with Crippen molar-refractivity contribution in [3.8, 4) is 17.4 Å². The van der Waals surface area contributed by atoms with Crippen molar-refractivity contribution in [3.63, 3.8) is 0 Å². The van der Waals surface area contributed by atoms with Crippen LogP contribution in [0.15, 0.2) is 33.8 Å². The minimum Gasteiger partial charge on any atom is -0.538 e. The third-order valence-electron chi connectivity index (χ3n) is 5.27. The molecule has 0 radical (unpaired) electrons. The molecule has 0 unspecified atom stereocenters. The predicted octanol–water partition coefficient (Wildman–Crippen LogP) is 2.88. The van der Waals surface area contributed by atoms with E-state index in [9.17, 15) is 14.7 Å². The molecule has 4 rings (SSSR count). The SMILES string of the molecule is COC(=O)c1c(NC(=O)CCSc2c([O-])on[n+]2-c2ccc(OC)cc2)sc2c1CCCC2. The Balaban J connectivity index is 1.41. The second-order valence-corrected chi connectivity index (χ2v) is 9.52. The van der Waals surface area contributed by atoms with Gasteiger partial charge >= 0.3 is 5.97 Å². The van der Waals surface area contributed by atoms with E-state index in [0.717, 1.165) is 36.1 Å². The number of nitrogens with one attached hydrogen (secondary N) is 1. The molecule has 1 aliphatic carbocycles. The van der Waals surface area contributed by atoms with Gasteiger partial charge in [0.15, 0.2) is 5.95 Å². The van der Waals surface area contributed by atoms with E-state index in [1.165, 1.54) is 34.9 Å². The minimum atomic E-state index is -0.574. The van der Waals surface area contributed by atoms with E-state index in [1.807, 2.05) is 0 Å². The number of thiophene rings is 1. The van der Waals surface area contributed by atoms with E-state index >= 15 is 0 Å². The number of carbonyl (C=O) groups excluding carboxylic acids is 2. The van der Waals surface area contributed by atoms with Crippen molar-refractivity contribution in [2.24, 2.45) is 0 Å². The van der Waals surface area contributed by atoms with Crippen molar-refractivity contribution in [3.05, 3.63) is 40.3 Å². The highest BCUT2D eigenvalue weighted by Gasteiger charge is 2.27. The zero-order chi connectivity index (χ0) is 23.4. The van der Waals surface area contributed by atoms with Crippen LogP contribution in [0.25, 0.3) is 5.69 Å². The van der Waals surface area contributed by atoms with Gasteiger partial charge in [-0.05, 0) is 48.1 Å². The molecule has 1 aliphatic rings. The van der Waals surface area contributed by atoms with Gasteiger partial charge in [0.25, 0.3) is 5.03 Å². The Morgan fingerprint density at radius 3 is 2.73 bits per heavy atom. The molecular weight excluding hydrogens is 466 g/mol. The van der Waals surface area contributed by atoms with Crippen LogP contribution in [0.5, 0.6) is 11.7 Å². The number of aromatic nitrogens is 2. The molecule has 1 N–H and O–H groups in total. The number of hydrogen-bond acceptors (Lipinski definition) is 9. The number of hydrogen-bond donors (Lipinski definition) is 1. The fourth-order valence-corrected chi connectivity index (χ4v) is 5.84. The number of carbonyl (C=O) groups is 2. The Hall–Kier alpha value is -3.05. The molecule has 33 heavy (non-hydrogen) atoms. The van der Waals surface area contributed by atoms with Crippen LogP contribution < -0.4 is 19.8 Å². The standard InChI is InChI=1S/C22H23N3O6S2/c1-29-14-9-7-13(8-10-14)25-20(22(28)31-24-25)32-12-11-17(26)23-19-18(21(27)30-2)15-5-3-4-6-16(15)33-19/h7-10H,3-6,11-12H2,1-2H3,(H-,23,24,26,27,28). The zero-order valence-electron chi connectivity index (χ0n) is 18.2. The van der Waals surface area contributed by atoms with Gasteiger partial charge in [-0.15, -0.1) is 11.3 Å². The molecule has 1 amide bonds. The molecule has 174 valence electrons. The van der Waals surface area contributed by atoms with Crippen LogP contribution in [-0.2, 0) is 22.4 Å². The van der Waals surface area contributed by atoms with Crippen LogP contribution in [0.4, 0.5) is 5.00 Å². The van der Waals surface area contributed by atoms with Gasteiger partial charge in [0.2, 0.25) is 11.6 Å². The van der Waals surface area contributed by atoms with Crippen LogP contribution >= 0.6 is 23.1 Å². The molecular formula is C22H23N3O6S2. The number of rotatable bonds is 8. The first-order valence-electron chi connectivity index (χ1n) is 10.4. The molecule has 0 saturated heterocycles. The number of benzene rings is 1. The average Bonchev–Trinajstić information content (AvgIpc) is 3.38. The van der Waals surface area contributed by atoms with Gasteiger partial charge in [0, 0.05) is 29.2 Å². The monoisotopic (exact) mass is 489 g/mol. The molecule has 1 aromatic carbocycles. The summed E-state index contributed by atoms with van der Waals surface area (Å²) in [6.45, 7) is 0. The molecule has 0 bridgehead atoms. The summed E-state index contributed by atoms with van der Waals surface area (Å²) in [7, 11) is 2.91. The Kier molecular flexibility index (Phi) is 7.19. The number of aryl methyl sites for hydroxylation is 1. The third-order valence-corrected chi connectivity index (χ3v) is 7.50. The Bertz CT molecular complexity index is 1160. The van der Waals surface area contributed by atoms with E-state index in [0.29, 0.717) is 27.8 Å². The van der Waals surface area contributed by atoms with E-state index in [4.69, 9.17) is 14.0 Å². The maximum atomic E-state index is 12.6. The second-order valence-electron chi connectivity index (χ2n) is 7.33. The molecule has 0 atom stereocenters. The summed E-state index contributed by atoms with van der Waals surface area (Å²) < 4.78 is 16.3.